The first-order valence-corrected chi connectivity index (χ1v) is 9.00. The van der Waals surface area contributed by atoms with E-state index in [9.17, 15) is 14.4 Å². The van der Waals surface area contributed by atoms with Crippen LogP contribution in [0.15, 0.2) is 24.3 Å². The number of rotatable bonds is 4. The Hall–Kier alpha value is -2.08. The number of carbonyl (C=O) groups is 3. The third kappa shape index (κ3) is 3.79. The van der Waals surface area contributed by atoms with Crippen LogP contribution in [0.4, 0.5) is 11.4 Å². The second-order valence-corrected chi connectivity index (χ2v) is 6.82. The molecule has 2 saturated heterocycles. The van der Waals surface area contributed by atoms with Crippen LogP contribution in [-0.4, -0.2) is 54.7 Å². The highest BCUT2D eigenvalue weighted by Gasteiger charge is 2.34. The fourth-order valence-corrected chi connectivity index (χ4v) is 3.54. The second-order valence-electron chi connectivity index (χ2n) is 6.45. The molecule has 2 fully saturated rings. The van der Waals surface area contributed by atoms with Gasteiger partial charge in [0.05, 0.1) is 5.92 Å². The van der Waals surface area contributed by atoms with Gasteiger partial charge in [0.2, 0.25) is 17.1 Å². The molecular formula is C18H22ClN3O3. The summed E-state index contributed by atoms with van der Waals surface area (Å²) in [6.45, 7) is 5.30. The first-order valence-electron chi connectivity index (χ1n) is 8.62. The van der Waals surface area contributed by atoms with E-state index in [0.717, 1.165) is 37.6 Å². The van der Waals surface area contributed by atoms with E-state index in [1.807, 2.05) is 36.1 Å². The van der Waals surface area contributed by atoms with Crippen molar-refractivity contribution in [2.45, 2.75) is 19.8 Å². The zero-order valence-corrected chi connectivity index (χ0v) is 15.0. The summed E-state index contributed by atoms with van der Waals surface area (Å²) in [6, 6.07) is 7.77. The summed E-state index contributed by atoms with van der Waals surface area (Å²) >= 11 is 5.52. The van der Waals surface area contributed by atoms with Gasteiger partial charge in [-0.2, -0.15) is 0 Å². The Labute approximate surface area is 152 Å². The van der Waals surface area contributed by atoms with Crippen molar-refractivity contribution in [3.8, 4) is 0 Å². The van der Waals surface area contributed by atoms with Crippen molar-refractivity contribution in [1.82, 2.24) is 4.90 Å². The van der Waals surface area contributed by atoms with Crippen LogP contribution in [0.25, 0.3) is 0 Å². The minimum Gasteiger partial charge on any atom is -0.368 e. The highest BCUT2D eigenvalue weighted by Crippen LogP contribution is 2.28. The van der Waals surface area contributed by atoms with Gasteiger partial charge in [0.25, 0.3) is 0 Å². The van der Waals surface area contributed by atoms with Gasteiger partial charge in [-0.1, -0.05) is 6.92 Å². The van der Waals surface area contributed by atoms with E-state index < -0.39 is 11.2 Å². The number of halogens is 1. The summed E-state index contributed by atoms with van der Waals surface area (Å²) in [5.74, 6) is -0.289. The molecule has 2 heterocycles. The molecule has 2 aliphatic rings. The summed E-state index contributed by atoms with van der Waals surface area (Å²) in [5.41, 5.74) is 1.86. The molecule has 7 heteroatoms. The van der Waals surface area contributed by atoms with Gasteiger partial charge in [-0.05, 0) is 35.9 Å². The average molecular weight is 364 g/mol. The molecule has 134 valence electrons. The van der Waals surface area contributed by atoms with E-state index >= 15 is 0 Å². The van der Waals surface area contributed by atoms with E-state index in [1.165, 1.54) is 0 Å². The fraction of sp³-hybridized carbons (Fsp3) is 0.500. The van der Waals surface area contributed by atoms with Crippen molar-refractivity contribution in [3.63, 3.8) is 0 Å². The summed E-state index contributed by atoms with van der Waals surface area (Å²) in [5, 5.41) is -0.452. The molecule has 2 amide bonds. The van der Waals surface area contributed by atoms with Gasteiger partial charge in [-0.15, -0.1) is 0 Å². The first kappa shape index (κ1) is 17.7. The van der Waals surface area contributed by atoms with Crippen molar-refractivity contribution in [3.05, 3.63) is 24.3 Å². The number of carbonyl (C=O) groups excluding carboxylic acids is 3. The van der Waals surface area contributed by atoms with Gasteiger partial charge in [0.15, 0.2) is 0 Å². The molecular weight excluding hydrogens is 342 g/mol. The molecule has 0 radical (unpaired) electrons. The summed E-state index contributed by atoms with van der Waals surface area (Å²) in [6.07, 6.45) is 0.724. The third-order valence-electron chi connectivity index (χ3n) is 4.91. The molecule has 0 spiro atoms. The molecule has 1 aromatic carbocycles. The molecule has 2 aliphatic heterocycles. The normalized spacial score (nSPS) is 21.0. The number of hydrogen-bond acceptors (Lipinski definition) is 4. The Morgan fingerprint density at radius 3 is 2.20 bits per heavy atom. The molecule has 0 aliphatic carbocycles. The fourth-order valence-electron chi connectivity index (χ4n) is 3.39. The van der Waals surface area contributed by atoms with Crippen molar-refractivity contribution in [1.29, 1.82) is 0 Å². The molecule has 6 nitrogen and oxygen atoms in total. The van der Waals surface area contributed by atoms with E-state index in [0.29, 0.717) is 13.0 Å². The number of nitrogens with zero attached hydrogens (tertiary/aromatic N) is 3. The Kier molecular flexibility index (Phi) is 5.27. The molecule has 1 atom stereocenters. The Morgan fingerprint density at radius 2 is 1.68 bits per heavy atom. The van der Waals surface area contributed by atoms with Crippen LogP contribution in [0.2, 0.25) is 0 Å². The maximum Gasteiger partial charge on any atom is 0.227 e. The third-order valence-corrected chi connectivity index (χ3v) is 5.22. The Bertz CT molecular complexity index is 669. The van der Waals surface area contributed by atoms with Gasteiger partial charge in [-0.25, -0.2) is 0 Å². The second kappa shape index (κ2) is 7.44. The van der Waals surface area contributed by atoms with Crippen LogP contribution in [0.1, 0.15) is 19.8 Å². The van der Waals surface area contributed by atoms with Crippen molar-refractivity contribution >= 4 is 40.0 Å². The lowest BCUT2D eigenvalue weighted by Gasteiger charge is -2.36. The standard InChI is InChI=1S/C18H22ClN3O3/c1-2-16(23)21-9-7-20(8-10-21)14-3-5-15(6-4-14)22-12-13(18(19)25)11-17(22)24/h3-6,13H,2,7-12H2,1H3/t13-/m0/s1. The maximum atomic E-state index is 12.1. The number of anilines is 2. The van der Waals surface area contributed by atoms with Crippen molar-refractivity contribution in [2.75, 3.05) is 42.5 Å². The van der Waals surface area contributed by atoms with Gasteiger partial charge in [0.1, 0.15) is 0 Å². The SMILES string of the molecule is CCC(=O)N1CCN(c2ccc(N3C[C@@H](C(=O)Cl)CC3=O)cc2)CC1. The summed E-state index contributed by atoms with van der Waals surface area (Å²) in [4.78, 5) is 40.8. The molecule has 0 saturated carbocycles. The highest BCUT2D eigenvalue weighted by atomic mass is 35.5. The number of benzene rings is 1. The molecule has 3 rings (SSSR count). The topological polar surface area (TPSA) is 60.9 Å². The molecule has 0 aromatic heterocycles. The minimum absolute atomic E-state index is 0.0709. The predicted octanol–water partition coefficient (Wildman–Crippen LogP) is 1.86. The summed E-state index contributed by atoms with van der Waals surface area (Å²) in [7, 11) is 0. The maximum absolute atomic E-state index is 12.1. The molecule has 1 aromatic rings. The Balaban J connectivity index is 1.63. The number of hydrogen-bond donors (Lipinski definition) is 0. The lowest BCUT2D eigenvalue weighted by Crippen LogP contribution is -2.48. The predicted molar refractivity (Wildman–Crippen MR) is 96.8 cm³/mol. The number of amides is 2. The number of piperazine rings is 1. The van der Waals surface area contributed by atoms with Gasteiger partial charge in [-0.3, -0.25) is 14.4 Å². The molecule has 0 N–H and O–H groups in total. The smallest absolute Gasteiger partial charge is 0.227 e. The van der Waals surface area contributed by atoms with Gasteiger partial charge < -0.3 is 14.7 Å². The first-order chi connectivity index (χ1) is 12.0. The van der Waals surface area contributed by atoms with Gasteiger partial charge >= 0.3 is 0 Å². The van der Waals surface area contributed by atoms with Crippen LogP contribution in [0, 0.1) is 5.92 Å². The zero-order valence-electron chi connectivity index (χ0n) is 14.3. The quantitative estimate of drug-likeness (QED) is 0.766. The van der Waals surface area contributed by atoms with Crippen LogP contribution >= 0.6 is 11.6 Å². The minimum atomic E-state index is -0.452. The largest absolute Gasteiger partial charge is 0.368 e. The monoisotopic (exact) mass is 363 g/mol. The van der Waals surface area contributed by atoms with E-state index in [1.54, 1.807) is 4.90 Å². The molecule has 0 unspecified atom stereocenters. The molecule has 0 bridgehead atoms. The molecule has 25 heavy (non-hydrogen) atoms. The van der Waals surface area contributed by atoms with E-state index in [-0.39, 0.29) is 18.2 Å². The van der Waals surface area contributed by atoms with Crippen LogP contribution in [0.5, 0.6) is 0 Å². The lowest BCUT2D eigenvalue weighted by atomic mass is 10.1. The van der Waals surface area contributed by atoms with Crippen LogP contribution in [-0.2, 0) is 14.4 Å². The van der Waals surface area contributed by atoms with Gasteiger partial charge in [0, 0.05) is 56.9 Å². The highest BCUT2D eigenvalue weighted by molar-refractivity contribution is 6.64. The van der Waals surface area contributed by atoms with E-state index in [4.69, 9.17) is 11.6 Å². The van der Waals surface area contributed by atoms with Crippen LogP contribution < -0.4 is 9.80 Å². The van der Waals surface area contributed by atoms with E-state index in [2.05, 4.69) is 4.90 Å². The zero-order chi connectivity index (χ0) is 18.0. The van der Waals surface area contributed by atoms with Crippen molar-refractivity contribution < 1.29 is 14.4 Å². The Morgan fingerprint density at radius 1 is 1.08 bits per heavy atom. The summed E-state index contributed by atoms with van der Waals surface area (Å²) < 4.78 is 0. The van der Waals surface area contributed by atoms with Crippen LogP contribution in [0.3, 0.4) is 0 Å². The lowest BCUT2D eigenvalue weighted by molar-refractivity contribution is -0.131. The van der Waals surface area contributed by atoms with Crippen molar-refractivity contribution in [2.24, 2.45) is 5.92 Å². The average Bonchev–Trinajstić information content (AvgIpc) is 3.03.